The molecule has 1 aromatic carbocycles. The van der Waals surface area contributed by atoms with Gasteiger partial charge in [-0.05, 0) is 54.6 Å². The summed E-state index contributed by atoms with van der Waals surface area (Å²) in [5.74, 6) is -0.153. The standard InChI is InChI=1S/C16H16N6O/c1-12(2)18-15-8-3-4-9-21(15)16(23)13-6-5-7-14(10-13)22-11-17-19-20-22/h3-12H,1-2H3. The smallest absolute Gasteiger partial charge is 0.263 e. The number of hydrogen-bond donors (Lipinski definition) is 0. The minimum absolute atomic E-state index is 0.101. The number of carbonyl (C=O) groups is 1. The fraction of sp³-hybridized carbons (Fsp3) is 0.188. The van der Waals surface area contributed by atoms with Gasteiger partial charge in [0.2, 0.25) is 0 Å². The Morgan fingerprint density at radius 1 is 1.17 bits per heavy atom. The number of hydrogen-bond acceptors (Lipinski definition) is 5. The van der Waals surface area contributed by atoms with Gasteiger partial charge < -0.3 is 0 Å². The van der Waals surface area contributed by atoms with E-state index in [2.05, 4.69) is 20.5 Å². The highest BCUT2D eigenvalue weighted by Crippen LogP contribution is 2.09. The summed E-state index contributed by atoms with van der Waals surface area (Å²) in [7, 11) is 0. The zero-order chi connectivity index (χ0) is 16.2. The molecule has 0 saturated carbocycles. The minimum Gasteiger partial charge on any atom is -0.268 e. The first-order chi connectivity index (χ1) is 11.1. The molecular weight excluding hydrogens is 292 g/mol. The van der Waals surface area contributed by atoms with E-state index >= 15 is 0 Å². The van der Waals surface area contributed by atoms with Gasteiger partial charge in [-0.3, -0.25) is 14.4 Å². The first-order valence-electron chi connectivity index (χ1n) is 7.25. The van der Waals surface area contributed by atoms with Gasteiger partial charge in [0, 0.05) is 17.8 Å². The lowest BCUT2D eigenvalue weighted by molar-refractivity contribution is 0.0954. The third kappa shape index (κ3) is 3.23. The van der Waals surface area contributed by atoms with Gasteiger partial charge in [-0.1, -0.05) is 12.1 Å². The molecule has 116 valence electrons. The maximum atomic E-state index is 12.8. The molecule has 0 spiro atoms. The van der Waals surface area contributed by atoms with Crippen LogP contribution in [0.2, 0.25) is 0 Å². The summed E-state index contributed by atoms with van der Waals surface area (Å²) in [5, 5.41) is 11.0. The van der Waals surface area contributed by atoms with Gasteiger partial charge >= 0.3 is 0 Å². The second-order valence-electron chi connectivity index (χ2n) is 5.26. The number of aromatic nitrogens is 5. The summed E-state index contributed by atoms with van der Waals surface area (Å²) in [6.45, 7) is 3.94. The number of pyridine rings is 1. The zero-order valence-corrected chi connectivity index (χ0v) is 12.9. The molecular formula is C16H16N6O. The Hall–Kier alpha value is -3.09. The van der Waals surface area contributed by atoms with E-state index in [0.717, 1.165) is 5.69 Å². The monoisotopic (exact) mass is 308 g/mol. The molecule has 0 fully saturated rings. The molecule has 7 heteroatoms. The van der Waals surface area contributed by atoms with Gasteiger partial charge in [-0.25, -0.2) is 4.68 Å². The molecule has 2 heterocycles. The van der Waals surface area contributed by atoms with Crippen LogP contribution in [0, 0.1) is 0 Å². The fourth-order valence-electron chi connectivity index (χ4n) is 2.18. The van der Waals surface area contributed by atoms with Crippen molar-refractivity contribution >= 4 is 5.91 Å². The van der Waals surface area contributed by atoms with Crippen molar-refractivity contribution in [3.8, 4) is 5.69 Å². The molecule has 2 aromatic heterocycles. The Morgan fingerprint density at radius 2 is 2.04 bits per heavy atom. The molecule has 0 atom stereocenters. The van der Waals surface area contributed by atoms with Crippen LogP contribution in [0.4, 0.5) is 0 Å². The Bertz CT molecular complexity index is 879. The van der Waals surface area contributed by atoms with E-state index in [9.17, 15) is 4.79 Å². The third-order valence-electron chi connectivity index (χ3n) is 3.15. The SMILES string of the molecule is CC(C)N=c1ccccn1C(=O)c1cccc(-n2cnnn2)c1. The van der Waals surface area contributed by atoms with Crippen molar-refractivity contribution in [2.75, 3.05) is 0 Å². The lowest BCUT2D eigenvalue weighted by atomic mass is 10.2. The summed E-state index contributed by atoms with van der Waals surface area (Å²) in [6, 6.07) is 12.7. The van der Waals surface area contributed by atoms with Gasteiger partial charge in [-0.15, -0.1) is 5.10 Å². The largest absolute Gasteiger partial charge is 0.268 e. The summed E-state index contributed by atoms with van der Waals surface area (Å²) in [4.78, 5) is 17.3. The molecule has 0 N–H and O–H groups in total. The molecule has 0 aliphatic carbocycles. The van der Waals surface area contributed by atoms with Crippen LogP contribution in [0.25, 0.3) is 5.69 Å². The number of nitrogens with zero attached hydrogens (tertiary/aromatic N) is 6. The first-order valence-corrected chi connectivity index (χ1v) is 7.25. The number of rotatable bonds is 3. The van der Waals surface area contributed by atoms with Crippen molar-refractivity contribution in [2.24, 2.45) is 4.99 Å². The molecule has 0 aliphatic rings. The third-order valence-corrected chi connectivity index (χ3v) is 3.15. The van der Waals surface area contributed by atoms with Crippen LogP contribution in [-0.4, -0.2) is 36.7 Å². The van der Waals surface area contributed by atoms with Crippen LogP contribution in [0.3, 0.4) is 0 Å². The highest BCUT2D eigenvalue weighted by atomic mass is 16.2. The summed E-state index contributed by atoms with van der Waals surface area (Å²) >= 11 is 0. The Kier molecular flexibility index (Phi) is 4.09. The van der Waals surface area contributed by atoms with Gasteiger partial charge in [0.15, 0.2) is 0 Å². The van der Waals surface area contributed by atoms with E-state index in [0.29, 0.717) is 11.1 Å². The molecule has 0 amide bonds. The van der Waals surface area contributed by atoms with Crippen LogP contribution >= 0.6 is 0 Å². The van der Waals surface area contributed by atoms with E-state index in [1.165, 1.54) is 11.0 Å². The Labute approximate surface area is 132 Å². The predicted molar refractivity (Wildman–Crippen MR) is 84.0 cm³/mol. The molecule has 0 bridgehead atoms. The van der Waals surface area contributed by atoms with E-state index in [1.807, 2.05) is 38.1 Å². The van der Waals surface area contributed by atoms with Crippen molar-refractivity contribution in [1.82, 2.24) is 24.8 Å². The fourth-order valence-corrected chi connectivity index (χ4v) is 2.18. The zero-order valence-electron chi connectivity index (χ0n) is 12.9. The van der Waals surface area contributed by atoms with Crippen molar-refractivity contribution in [2.45, 2.75) is 19.9 Å². The highest BCUT2D eigenvalue weighted by molar-refractivity contribution is 5.96. The average Bonchev–Trinajstić information content (AvgIpc) is 3.09. The number of tetrazole rings is 1. The molecule has 0 unspecified atom stereocenters. The van der Waals surface area contributed by atoms with Crippen molar-refractivity contribution in [1.29, 1.82) is 0 Å². The quantitative estimate of drug-likeness (QED) is 0.734. The molecule has 3 rings (SSSR count). The number of benzene rings is 1. The van der Waals surface area contributed by atoms with Gasteiger partial charge in [0.1, 0.15) is 11.8 Å². The Morgan fingerprint density at radius 3 is 2.78 bits per heavy atom. The van der Waals surface area contributed by atoms with Crippen LogP contribution in [0.15, 0.2) is 60.0 Å². The van der Waals surface area contributed by atoms with Crippen LogP contribution < -0.4 is 5.49 Å². The van der Waals surface area contributed by atoms with Crippen LogP contribution in [0.1, 0.15) is 24.2 Å². The van der Waals surface area contributed by atoms with Crippen molar-refractivity contribution < 1.29 is 4.79 Å². The van der Waals surface area contributed by atoms with E-state index in [4.69, 9.17) is 0 Å². The summed E-state index contributed by atoms with van der Waals surface area (Å²) in [5.41, 5.74) is 1.88. The maximum absolute atomic E-state index is 12.8. The molecule has 0 radical (unpaired) electrons. The second-order valence-corrected chi connectivity index (χ2v) is 5.26. The lowest BCUT2D eigenvalue weighted by Crippen LogP contribution is -2.28. The van der Waals surface area contributed by atoms with Gasteiger partial charge in [-0.2, -0.15) is 0 Å². The van der Waals surface area contributed by atoms with Gasteiger partial charge in [0.25, 0.3) is 5.91 Å². The van der Waals surface area contributed by atoms with Crippen molar-refractivity contribution in [3.05, 3.63) is 66.0 Å². The molecule has 3 aromatic rings. The van der Waals surface area contributed by atoms with E-state index in [-0.39, 0.29) is 11.9 Å². The van der Waals surface area contributed by atoms with Gasteiger partial charge in [0.05, 0.1) is 5.69 Å². The van der Waals surface area contributed by atoms with E-state index in [1.54, 1.807) is 29.0 Å². The summed E-state index contributed by atoms with van der Waals surface area (Å²) < 4.78 is 3.05. The highest BCUT2D eigenvalue weighted by Gasteiger charge is 2.10. The van der Waals surface area contributed by atoms with Crippen LogP contribution in [0.5, 0.6) is 0 Å². The topological polar surface area (TPSA) is 78.0 Å². The second kappa shape index (κ2) is 6.35. The summed E-state index contributed by atoms with van der Waals surface area (Å²) in [6.07, 6.45) is 3.20. The molecule has 0 saturated heterocycles. The average molecular weight is 308 g/mol. The normalized spacial score (nSPS) is 11.9. The maximum Gasteiger partial charge on any atom is 0.263 e. The predicted octanol–water partition coefficient (Wildman–Crippen LogP) is 1.46. The van der Waals surface area contributed by atoms with Crippen molar-refractivity contribution in [3.63, 3.8) is 0 Å². The van der Waals surface area contributed by atoms with E-state index < -0.39 is 0 Å². The molecule has 23 heavy (non-hydrogen) atoms. The first kappa shape index (κ1) is 14.8. The lowest BCUT2D eigenvalue weighted by Gasteiger charge is -2.08. The van der Waals surface area contributed by atoms with Crippen LogP contribution in [-0.2, 0) is 0 Å². The number of carbonyl (C=O) groups excluding carboxylic acids is 1. The Balaban J connectivity index is 2.04. The minimum atomic E-state index is -0.153. The molecule has 0 aliphatic heterocycles. The molecule has 7 nitrogen and oxygen atoms in total.